The van der Waals surface area contributed by atoms with Crippen LogP contribution in [0.2, 0.25) is 0 Å². The monoisotopic (exact) mass is 942 g/mol. The molecule has 5 heterocycles. The lowest BCUT2D eigenvalue weighted by atomic mass is 9.43. The van der Waals surface area contributed by atoms with Gasteiger partial charge in [0.05, 0.1) is 61.0 Å². The molecule has 9 rings (SSSR count). The number of ether oxygens (including phenoxy) is 9. The maximum Gasteiger partial charge on any atom is 0.331 e. The molecule has 4 saturated carbocycles. The van der Waals surface area contributed by atoms with E-state index in [1.54, 1.807) is 13.8 Å². The van der Waals surface area contributed by atoms with E-state index in [1.165, 1.54) is 6.08 Å². The van der Waals surface area contributed by atoms with E-state index in [1.807, 2.05) is 6.92 Å². The van der Waals surface area contributed by atoms with E-state index in [-0.39, 0.29) is 55.2 Å². The summed E-state index contributed by atoms with van der Waals surface area (Å²) in [5.74, 6) is 0.0525. The number of rotatable bonds is 10. The molecular formula is C47H74O19. The van der Waals surface area contributed by atoms with Crippen molar-refractivity contribution in [2.24, 2.45) is 34.5 Å². The Hall–Kier alpha value is -1.47. The number of esters is 1. The molecule has 19 heteroatoms. The van der Waals surface area contributed by atoms with Crippen LogP contribution in [0.1, 0.15) is 105 Å². The van der Waals surface area contributed by atoms with Crippen LogP contribution in [0.25, 0.3) is 0 Å². The molecule has 66 heavy (non-hydrogen) atoms. The highest BCUT2D eigenvalue weighted by Gasteiger charge is 2.70. The zero-order valence-corrected chi connectivity index (χ0v) is 38.7. The van der Waals surface area contributed by atoms with Crippen molar-refractivity contribution < 1.29 is 93.4 Å². The number of fused-ring (bicyclic) bond motifs is 5. The average Bonchev–Trinajstić information content (AvgIpc) is 3.77. The minimum Gasteiger partial charge on any atom is -0.458 e. The molecule has 0 spiro atoms. The molecule has 0 radical (unpaired) electrons. The van der Waals surface area contributed by atoms with Crippen molar-refractivity contribution in [1.29, 1.82) is 0 Å². The number of aliphatic hydroxyl groups is 9. The third-order valence-electron chi connectivity index (χ3n) is 17.9. The molecule has 9 N–H and O–H groups in total. The van der Waals surface area contributed by atoms with Crippen molar-refractivity contribution in [2.75, 3.05) is 13.2 Å². The van der Waals surface area contributed by atoms with Gasteiger partial charge in [-0.05, 0) is 94.5 Å². The number of cyclic esters (lactones) is 1. The highest BCUT2D eigenvalue weighted by Crippen LogP contribution is 2.70. The number of carbonyl (C=O) groups is 1. The minimum absolute atomic E-state index is 0.000750. The molecule has 0 amide bonds. The SMILES string of the molecule is CC1OC(OC2CCC3(C)C(CCC4C3CCC3(C)C(C5=CC(=O)OC5)C(O)CC43O)C2)CC(O)C1OC1CC(O)C(OC2CC(O)C(OC3OC(CO)C(O)C(O)C3O)C(C)O2)C(C)O1. The summed E-state index contributed by atoms with van der Waals surface area (Å²) in [4.78, 5) is 12.0. The molecule has 4 aliphatic carbocycles. The summed E-state index contributed by atoms with van der Waals surface area (Å²) in [5, 5.41) is 97.9. The second-order valence-corrected chi connectivity index (χ2v) is 21.7. The van der Waals surface area contributed by atoms with Crippen molar-refractivity contribution >= 4 is 5.97 Å². The van der Waals surface area contributed by atoms with Crippen molar-refractivity contribution in [3.05, 3.63) is 11.6 Å². The van der Waals surface area contributed by atoms with Crippen LogP contribution in [0.4, 0.5) is 0 Å². The van der Waals surface area contributed by atoms with Crippen molar-refractivity contribution in [3.8, 4) is 0 Å². The highest BCUT2D eigenvalue weighted by atomic mass is 16.8. The molecule has 19 nitrogen and oxygen atoms in total. The van der Waals surface area contributed by atoms with Gasteiger partial charge in [-0.1, -0.05) is 13.8 Å². The summed E-state index contributed by atoms with van der Waals surface area (Å²) in [6.07, 6.45) is -10.5. The summed E-state index contributed by atoms with van der Waals surface area (Å²) < 4.78 is 53.9. The van der Waals surface area contributed by atoms with E-state index >= 15 is 0 Å². The van der Waals surface area contributed by atoms with Crippen LogP contribution >= 0.6 is 0 Å². The second-order valence-electron chi connectivity index (χ2n) is 21.7. The fourth-order valence-corrected chi connectivity index (χ4v) is 14.4. The summed E-state index contributed by atoms with van der Waals surface area (Å²) in [5.41, 5.74) is -0.783. The van der Waals surface area contributed by atoms with Gasteiger partial charge in [0, 0.05) is 43.1 Å². The standard InChI is InChI=1S/C47H74O19/c1-20-41(64-35-15-29(50)42(21(2)60-35)65-36-16-30(51)43(22(3)61-36)66-44-40(56)39(55)38(54)32(18-48)63-44)28(49)14-34(59-20)62-25-8-10-45(4)24(13-25)6-7-27-26(45)9-11-46(5)37(23-12-33(53)58-19-23)31(52)17-47(27,46)57/h12,20-22,24-32,34-44,48-52,54-57H,6-11,13-19H2,1-5H3. The summed E-state index contributed by atoms with van der Waals surface area (Å²) in [6.45, 7) is 9.20. The van der Waals surface area contributed by atoms with Gasteiger partial charge >= 0.3 is 5.97 Å². The van der Waals surface area contributed by atoms with E-state index in [4.69, 9.17) is 42.6 Å². The average molecular weight is 943 g/mol. The molecule has 0 bridgehead atoms. The Morgan fingerprint density at radius 3 is 1.77 bits per heavy atom. The van der Waals surface area contributed by atoms with E-state index < -0.39 is 128 Å². The molecule has 376 valence electrons. The van der Waals surface area contributed by atoms with Gasteiger partial charge < -0.3 is 88.6 Å². The molecule has 5 aliphatic heterocycles. The zero-order chi connectivity index (χ0) is 47.2. The van der Waals surface area contributed by atoms with Gasteiger partial charge in [-0.15, -0.1) is 0 Å². The number of aliphatic hydroxyl groups excluding tert-OH is 8. The maximum atomic E-state index is 12.6. The summed E-state index contributed by atoms with van der Waals surface area (Å²) >= 11 is 0. The topological polar surface area (TPSA) is 282 Å². The molecule has 26 atom stereocenters. The number of hydrogen-bond donors (Lipinski definition) is 9. The van der Waals surface area contributed by atoms with Crippen molar-refractivity contribution in [3.63, 3.8) is 0 Å². The van der Waals surface area contributed by atoms with Crippen LogP contribution in [0.5, 0.6) is 0 Å². The first-order chi connectivity index (χ1) is 31.2. The van der Waals surface area contributed by atoms with Gasteiger partial charge in [-0.2, -0.15) is 0 Å². The quantitative estimate of drug-likeness (QED) is 0.103. The predicted molar refractivity (Wildman–Crippen MR) is 225 cm³/mol. The van der Waals surface area contributed by atoms with Crippen LogP contribution in [-0.4, -0.2) is 187 Å². The summed E-state index contributed by atoms with van der Waals surface area (Å²) in [6, 6.07) is 0. The highest BCUT2D eigenvalue weighted by molar-refractivity contribution is 5.85. The molecule has 26 unspecified atom stereocenters. The van der Waals surface area contributed by atoms with Crippen LogP contribution in [-0.2, 0) is 47.4 Å². The van der Waals surface area contributed by atoms with Crippen LogP contribution in [0.3, 0.4) is 0 Å². The third kappa shape index (κ3) is 8.75. The Morgan fingerprint density at radius 2 is 1.23 bits per heavy atom. The second kappa shape index (κ2) is 18.9. The van der Waals surface area contributed by atoms with E-state index in [9.17, 15) is 50.8 Å². The molecule has 0 aromatic heterocycles. The first-order valence-electron chi connectivity index (χ1n) is 24.4. The predicted octanol–water partition coefficient (Wildman–Crippen LogP) is 0.0423. The first-order valence-corrected chi connectivity index (χ1v) is 24.4. The third-order valence-corrected chi connectivity index (χ3v) is 17.9. The molecule has 4 saturated heterocycles. The fraction of sp³-hybridized carbons (Fsp3) is 0.936. The Kier molecular flexibility index (Phi) is 14.2. The van der Waals surface area contributed by atoms with Gasteiger partial charge in [0.2, 0.25) is 0 Å². The van der Waals surface area contributed by atoms with Crippen LogP contribution < -0.4 is 0 Å². The summed E-state index contributed by atoms with van der Waals surface area (Å²) in [7, 11) is 0. The Bertz CT molecular complexity index is 1720. The first kappa shape index (κ1) is 49.5. The lowest BCUT2D eigenvalue weighted by Crippen LogP contribution is -2.62. The zero-order valence-electron chi connectivity index (χ0n) is 38.7. The smallest absolute Gasteiger partial charge is 0.331 e. The fourth-order valence-electron chi connectivity index (χ4n) is 14.4. The molecule has 8 fully saturated rings. The van der Waals surface area contributed by atoms with Gasteiger partial charge in [-0.25, -0.2) is 4.79 Å². The van der Waals surface area contributed by atoms with Crippen LogP contribution in [0.15, 0.2) is 11.6 Å². The maximum absolute atomic E-state index is 12.6. The molecule has 9 aliphatic rings. The lowest BCUT2D eigenvalue weighted by Gasteiger charge is -2.63. The minimum atomic E-state index is -1.65. The molecule has 0 aromatic carbocycles. The van der Waals surface area contributed by atoms with E-state index in [0.29, 0.717) is 18.3 Å². The normalized spacial score (nSPS) is 55.3. The van der Waals surface area contributed by atoms with Gasteiger partial charge in [0.15, 0.2) is 25.2 Å². The Morgan fingerprint density at radius 1 is 0.652 bits per heavy atom. The number of hydrogen-bond acceptors (Lipinski definition) is 19. The van der Waals surface area contributed by atoms with Gasteiger partial charge in [0.25, 0.3) is 0 Å². The van der Waals surface area contributed by atoms with E-state index in [2.05, 4.69) is 13.8 Å². The molecular weight excluding hydrogens is 868 g/mol. The van der Waals surface area contributed by atoms with Crippen molar-refractivity contribution in [2.45, 2.75) is 228 Å². The molecule has 0 aromatic rings. The van der Waals surface area contributed by atoms with Crippen molar-refractivity contribution in [1.82, 2.24) is 0 Å². The van der Waals surface area contributed by atoms with Gasteiger partial charge in [0.1, 0.15) is 49.3 Å². The lowest BCUT2D eigenvalue weighted by molar-refractivity contribution is -0.355. The van der Waals surface area contributed by atoms with E-state index in [0.717, 1.165) is 50.5 Å². The number of carbonyl (C=O) groups excluding carboxylic acids is 1. The largest absolute Gasteiger partial charge is 0.458 e. The van der Waals surface area contributed by atoms with Crippen LogP contribution in [0, 0.1) is 34.5 Å². The Labute approximate surface area is 385 Å². The Balaban J connectivity index is 0.735. The van der Waals surface area contributed by atoms with Gasteiger partial charge in [-0.3, -0.25) is 0 Å².